The fraction of sp³-hybridized carbons (Fsp3) is 0.143. The van der Waals surface area contributed by atoms with E-state index < -0.39 is 0 Å². The van der Waals surface area contributed by atoms with Crippen LogP contribution in [0.3, 0.4) is 0 Å². The van der Waals surface area contributed by atoms with E-state index in [0.29, 0.717) is 13.0 Å². The van der Waals surface area contributed by atoms with E-state index in [4.69, 9.17) is 4.98 Å². The van der Waals surface area contributed by atoms with Gasteiger partial charge in [0.25, 0.3) is 0 Å². The Morgan fingerprint density at radius 1 is 0.812 bits per heavy atom. The molecule has 5 rings (SSSR count). The largest absolute Gasteiger partial charge is 0.283 e. The molecule has 0 spiro atoms. The van der Waals surface area contributed by atoms with Crippen molar-refractivity contribution >= 4 is 43.4 Å². The summed E-state index contributed by atoms with van der Waals surface area (Å²) in [6.07, 6.45) is 1.33. The molecule has 0 fully saturated rings. The molecule has 0 N–H and O–H groups in total. The number of nitrogens with zero attached hydrogens (tertiary/aromatic N) is 2. The molecule has 5 aromatic rings. The summed E-state index contributed by atoms with van der Waals surface area (Å²) in [6, 6.07) is 31.0. The standard InChI is InChI=1S/C28H24N2OS/c1-2-20-13-15-25-26(17-20)32-28(29-25)30(19-21-8-4-3-5-9-21)27(31)18-22-12-14-23-10-6-7-11-24(23)16-22/h3-17H,2,18-19H2,1H3. The van der Waals surface area contributed by atoms with Crippen molar-refractivity contribution in [3.05, 3.63) is 108 Å². The summed E-state index contributed by atoms with van der Waals surface area (Å²) in [4.78, 5) is 20.2. The first-order valence-electron chi connectivity index (χ1n) is 10.9. The minimum Gasteiger partial charge on any atom is -0.283 e. The summed E-state index contributed by atoms with van der Waals surface area (Å²) in [6.45, 7) is 2.66. The summed E-state index contributed by atoms with van der Waals surface area (Å²) < 4.78 is 1.12. The summed E-state index contributed by atoms with van der Waals surface area (Å²) in [5.74, 6) is 0.0545. The Labute approximate surface area is 192 Å². The number of anilines is 1. The molecule has 4 aromatic carbocycles. The fourth-order valence-corrected chi connectivity index (χ4v) is 4.99. The number of hydrogen-bond donors (Lipinski definition) is 0. The number of carbonyl (C=O) groups excluding carboxylic acids is 1. The van der Waals surface area contributed by atoms with Crippen molar-refractivity contribution in [3.63, 3.8) is 0 Å². The summed E-state index contributed by atoms with van der Waals surface area (Å²) in [7, 11) is 0. The van der Waals surface area contributed by atoms with E-state index in [1.54, 1.807) is 11.3 Å². The van der Waals surface area contributed by atoms with Gasteiger partial charge in [0.15, 0.2) is 5.13 Å². The van der Waals surface area contributed by atoms with Gasteiger partial charge in [-0.15, -0.1) is 0 Å². The third-order valence-corrected chi connectivity index (χ3v) is 6.78. The van der Waals surface area contributed by atoms with E-state index in [9.17, 15) is 4.79 Å². The second kappa shape index (κ2) is 8.93. The molecule has 158 valence electrons. The van der Waals surface area contributed by atoms with Crippen LogP contribution in [0.5, 0.6) is 0 Å². The molecule has 0 saturated heterocycles. The predicted octanol–water partition coefficient (Wildman–Crippen LogP) is 6.79. The Balaban J connectivity index is 1.49. The van der Waals surface area contributed by atoms with E-state index in [1.165, 1.54) is 10.9 Å². The quantitative estimate of drug-likeness (QED) is 0.294. The summed E-state index contributed by atoms with van der Waals surface area (Å²) in [5.41, 5.74) is 4.33. The number of amides is 1. The Bertz CT molecular complexity index is 1390. The highest BCUT2D eigenvalue weighted by molar-refractivity contribution is 7.22. The minimum atomic E-state index is 0.0545. The number of aromatic nitrogens is 1. The van der Waals surface area contributed by atoms with Gasteiger partial charge < -0.3 is 0 Å². The van der Waals surface area contributed by atoms with E-state index in [2.05, 4.69) is 61.5 Å². The van der Waals surface area contributed by atoms with Crippen LogP contribution < -0.4 is 4.90 Å². The second-order valence-electron chi connectivity index (χ2n) is 7.98. The van der Waals surface area contributed by atoms with Gasteiger partial charge in [-0.2, -0.15) is 0 Å². The Kier molecular flexibility index (Phi) is 5.70. The molecule has 3 nitrogen and oxygen atoms in total. The van der Waals surface area contributed by atoms with Crippen molar-refractivity contribution in [1.29, 1.82) is 0 Å². The molecule has 0 aliphatic heterocycles. The molecule has 1 aromatic heterocycles. The van der Waals surface area contributed by atoms with Crippen molar-refractivity contribution in [2.24, 2.45) is 0 Å². The van der Waals surface area contributed by atoms with Crippen LogP contribution in [0.2, 0.25) is 0 Å². The molecule has 0 bridgehead atoms. The number of fused-ring (bicyclic) bond motifs is 2. The lowest BCUT2D eigenvalue weighted by Gasteiger charge is -2.20. The molecular weight excluding hydrogens is 412 g/mol. The number of thiazole rings is 1. The van der Waals surface area contributed by atoms with Gasteiger partial charge in [-0.25, -0.2) is 4.98 Å². The molecule has 0 aliphatic carbocycles. The molecule has 32 heavy (non-hydrogen) atoms. The highest BCUT2D eigenvalue weighted by Crippen LogP contribution is 2.31. The SMILES string of the molecule is CCc1ccc2nc(N(Cc3ccccc3)C(=O)Cc3ccc4ccccc4c3)sc2c1. The topological polar surface area (TPSA) is 33.2 Å². The van der Waals surface area contributed by atoms with Crippen LogP contribution >= 0.6 is 11.3 Å². The van der Waals surface area contributed by atoms with Gasteiger partial charge in [0.1, 0.15) is 0 Å². The zero-order valence-corrected chi connectivity index (χ0v) is 18.8. The highest BCUT2D eigenvalue weighted by atomic mass is 32.1. The number of benzene rings is 4. The van der Waals surface area contributed by atoms with Gasteiger partial charge >= 0.3 is 0 Å². The number of rotatable bonds is 6. The Hall–Kier alpha value is -3.50. The maximum atomic E-state index is 13.5. The normalized spacial score (nSPS) is 11.2. The first-order valence-corrected chi connectivity index (χ1v) is 11.7. The predicted molar refractivity (Wildman–Crippen MR) is 134 cm³/mol. The second-order valence-corrected chi connectivity index (χ2v) is 8.98. The zero-order valence-electron chi connectivity index (χ0n) is 18.0. The Morgan fingerprint density at radius 2 is 1.56 bits per heavy atom. The van der Waals surface area contributed by atoms with E-state index in [-0.39, 0.29) is 5.91 Å². The average Bonchev–Trinajstić information content (AvgIpc) is 3.26. The molecule has 1 amide bonds. The van der Waals surface area contributed by atoms with Crippen LogP contribution in [0.15, 0.2) is 91.0 Å². The smallest absolute Gasteiger partial charge is 0.233 e. The van der Waals surface area contributed by atoms with Gasteiger partial charge in [-0.1, -0.05) is 97.1 Å². The van der Waals surface area contributed by atoms with Gasteiger partial charge in [-0.05, 0) is 46.0 Å². The number of carbonyl (C=O) groups is 1. The van der Waals surface area contributed by atoms with Gasteiger partial charge in [0, 0.05) is 0 Å². The van der Waals surface area contributed by atoms with Crippen molar-refractivity contribution in [2.45, 2.75) is 26.3 Å². The summed E-state index contributed by atoms with van der Waals surface area (Å²) >= 11 is 1.59. The van der Waals surface area contributed by atoms with E-state index in [0.717, 1.165) is 38.3 Å². The maximum absolute atomic E-state index is 13.5. The zero-order chi connectivity index (χ0) is 21.9. The molecular formula is C28H24N2OS. The molecule has 0 atom stereocenters. The highest BCUT2D eigenvalue weighted by Gasteiger charge is 2.21. The third kappa shape index (κ3) is 4.27. The number of hydrogen-bond acceptors (Lipinski definition) is 3. The van der Waals surface area contributed by atoms with Gasteiger partial charge in [0.05, 0.1) is 23.2 Å². The lowest BCUT2D eigenvalue weighted by Crippen LogP contribution is -2.31. The average molecular weight is 437 g/mol. The minimum absolute atomic E-state index is 0.0545. The lowest BCUT2D eigenvalue weighted by atomic mass is 10.0. The van der Waals surface area contributed by atoms with Crippen LogP contribution in [0, 0.1) is 0 Å². The number of aryl methyl sites for hydroxylation is 1. The maximum Gasteiger partial charge on any atom is 0.233 e. The van der Waals surface area contributed by atoms with Crippen LogP contribution in [0.1, 0.15) is 23.6 Å². The molecule has 1 heterocycles. The van der Waals surface area contributed by atoms with Gasteiger partial charge in [0.2, 0.25) is 5.91 Å². The van der Waals surface area contributed by atoms with Crippen LogP contribution in [0.4, 0.5) is 5.13 Å². The molecule has 4 heteroatoms. The van der Waals surface area contributed by atoms with Crippen molar-refractivity contribution in [2.75, 3.05) is 4.90 Å². The van der Waals surface area contributed by atoms with E-state index in [1.807, 2.05) is 41.3 Å². The van der Waals surface area contributed by atoms with Crippen LogP contribution in [0.25, 0.3) is 21.0 Å². The first kappa shape index (κ1) is 20.4. The van der Waals surface area contributed by atoms with Crippen molar-refractivity contribution < 1.29 is 4.79 Å². The van der Waals surface area contributed by atoms with Crippen LogP contribution in [-0.2, 0) is 24.2 Å². The first-order chi connectivity index (χ1) is 15.7. The Morgan fingerprint density at radius 3 is 2.38 bits per heavy atom. The molecule has 0 radical (unpaired) electrons. The monoisotopic (exact) mass is 436 g/mol. The van der Waals surface area contributed by atoms with E-state index >= 15 is 0 Å². The fourth-order valence-electron chi connectivity index (χ4n) is 3.94. The molecule has 0 saturated carbocycles. The van der Waals surface area contributed by atoms with Gasteiger partial charge in [-0.3, -0.25) is 9.69 Å². The summed E-state index contributed by atoms with van der Waals surface area (Å²) in [5, 5.41) is 3.09. The lowest BCUT2D eigenvalue weighted by molar-refractivity contribution is -0.118. The van der Waals surface area contributed by atoms with Crippen LogP contribution in [-0.4, -0.2) is 10.9 Å². The molecule has 0 unspecified atom stereocenters. The third-order valence-electron chi connectivity index (χ3n) is 5.73. The van der Waals surface area contributed by atoms with Crippen molar-refractivity contribution in [1.82, 2.24) is 4.98 Å². The molecule has 0 aliphatic rings. The van der Waals surface area contributed by atoms with Crippen molar-refractivity contribution in [3.8, 4) is 0 Å².